The first-order chi connectivity index (χ1) is 7.69. The van der Waals surface area contributed by atoms with E-state index in [0.717, 1.165) is 11.1 Å². The molecule has 0 spiro atoms. The number of aryl methyl sites for hydroxylation is 1. The Bertz CT molecular complexity index is 491. The second-order valence-electron chi connectivity index (χ2n) is 3.85. The number of nitrogens with two attached hydrogens (primary N) is 1. The maximum atomic E-state index is 13.5. The molecule has 0 fully saturated rings. The lowest BCUT2D eigenvalue weighted by atomic mass is 10.1. The maximum absolute atomic E-state index is 13.5. The molecule has 0 atom stereocenters. The number of halogens is 1. The van der Waals surface area contributed by atoms with E-state index in [4.69, 9.17) is 5.73 Å². The van der Waals surface area contributed by atoms with Crippen molar-refractivity contribution in [1.29, 1.82) is 0 Å². The Kier molecular flexibility index (Phi) is 3.01. The highest BCUT2D eigenvalue weighted by Crippen LogP contribution is 2.12. The van der Waals surface area contributed by atoms with E-state index in [0.29, 0.717) is 18.7 Å². The molecule has 0 aliphatic carbocycles. The molecule has 0 unspecified atom stereocenters. The zero-order valence-corrected chi connectivity index (χ0v) is 9.15. The van der Waals surface area contributed by atoms with Crippen LogP contribution in [-0.4, -0.2) is 9.78 Å². The van der Waals surface area contributed by atoms with Gasteiger partial charge in [-0.15, -0.1) is 0 Å². The molecule has 16 heavy (non-hydrogen) atoms. The molecule has 3 nitrogen and oxygen atoms in total. The first-order valence-electron chi connectivity index (χ1n) is 5.15. The summed E-state index contributed by atoms with van der Waals surface area (Å²) in [6, 6.07) is 4.94. The first-order valence-corrected chi connectivity index (χ1v) is 5.15. The van der Waals surface area contributed by atoms with Gasteiger partial charge in [-0.05, 0) is 30.2 Å². The van der Waals surface area contributed by atoms with Gasteiger partial charge in [0.2, 0.25) is 0 Å². The molecule has 0 amide bonds. The summed E-state index contributed by atoms with van der Waals surface area (Å²) in [5.74, 6) is -0.217. The lowest BCUT2D eigenvalue weighted by molar-refractivity contribution is 0.584. The lowest BCUT2D eigenvalue weighted by Gasteiger charge is -2.05. The molecule has 2 aromatic rings. The van der Waals surface area contributed by atoms with Gasteiger partial charge in [-0.3, -0.25) is 4.68 Å². The summed E-state index contributed by atoms with van der Waals surface area (Å²) in [6.45, 7) is 2.81. The Morgan fingerprint density at radius 3 is 2.88 bits per heavy atom. The van der Waals surface area contributed by atoms with Gasteiger partial charge in [0.15, 0.2) is 0 Å². The zero-order chi connectivity index (χ0) is 11.5. The maximum Gasteiger partial charge on any atom is 0.128 e. The molecule has 1 aromatic carbocycles. The van der Waals surface area contributed by atoms with E-state index in [9.17, 15) is 4.39 Å². The Balaban J connectivity index is 2.26. The topological polar surface area (TPSA) is 43.8 Å². The smallest absolute Gasteiger partial charge is 0.128 e. The number of nitrogens with zero attached hydrogens (tertiary/aromatic N) is 2. The number of benzene rings is 1. The van der Waals surface area contributed by atoms with Crippen LogP contribution in [0.5, 0.6) is 0 Å². The van der Waals surface area contributed by atoms with Crippen LogP contribution in [-0.2, 0) is 13.1 Å². The predicted octanol–water partition coefficient (Wildman–Crippen LogP) is 1.84. The molecule has 0 saturated carbocycles. The lowest BCUT2D eigenvalue weighted by Crippen LogP contribution is -2.04. The average Bonchev–Trinajstić information content (AvgIpc) is 2.67. The van der Waals surface area contributed by atoms with Crippen LogP contribution >= 0.6 is 0 Å². The predicted molar refractivity (Wildman–Crippen MR) is 60.4 cm³/mol. The quantitative estimate of drug-likeness (QED) is 0.856. The highest BCUT2D eigenvalue weighted by atomic mass is 19.1. The summed E-state index contributed by atoms with van der Waals surface area (Å²) in [5.41, 5.74) is 8.13. The van der Waals surface area contributed by atoms with Crippen molar-refractivity contribution >= 4 is 0 Å². The van der Waals surface area contributed by atoms with Crippen LogP contribution in [0.15, 0.2) is 30.6 Å². The van der Waals surface area contributed by atoms with Gasteiger partial charge in [0.25, 0.3) is 0 Å². The van der Waals surface area contributed by atoms with Crippen LogP contribution in [0.1, 0.15) is 16.7 Å². The van der Waals surface area contributed by atoms with Crippen LogP contribution in [0, 0.1) is 12.7 Å². The summed E-state index contributed by atoms with van der Waals surface area (Å²) >= 11 is 0. The molecule has 84 valence electrons. The molecule has 1 heterocycles. The van der Waals surface area contributed by atoms with E-state index in [1.807, 2.05) is 13.1 Å². The minimum atomic E-state index is -0.217. The van der Waals surface area contributed by atoms with Crippen LogP contribution in [0.3, 0.4) is 0 Å². The first kappa shape index (κ1) is 10.8. The van der Waals surface area contributed by atoms with Crippen molar-refractivity contribution < 1.29 is 4.39 Å². The summed E-state index contributed by atoms with van der Waals surface area (Å²) in [5, 5.41) is 4.13. The third kappa shape index (κ3) is 2.28. The standard InChI is InChI=1S/C12H14FN3/c1-9-6-15-16(7-9)8-11-4-10(5-14)2-3-12(11)13/h2-4,6-7H,5,8,14H2,1H3. The summed E-state index contributed by atoms with van der Waals surface area (Å²) in [4.78, 5) is 0. The molecular weight excluding hydrogens is 205 g/mol. The molecule has 0 aliphatic rings. The van der Waals surface area contributed by atoms with E-state index >= 15 is 0 Å². The van der Waals surface area contributed by atoms with Gasteiger partial charge in [0.1, 0.15) is 5.82 Å². The third-order valence-corrected chi connectivity index (χ3v) is 2.44. The Labute approximate surface area is 93.7 Å². The molecule has 0 aliphatic heterocycles. The van der Waals surface area contributed by atoms with Gasteiger partial charge < -0.3 is 5.73 Å². The van der Waals surface area contributed by atoms with E-state index in [1.54, 1.807) is 23.0 Å². The fourth-order valence-corrected chi connectivity index (χ4v) is 1.60. The Hall–Kier alpha value is -1.68. The average molecular weight is 219 g/mol. The number of hydrogen-bond donors (Lipinski definition) is 1. The van der Waals surface area contributed by atoms with E-state index in [-0.39, 0.29) is 5.82 Å². The highest BCUT2D eigenvalue weighted by molar-refractivity contribution is 5.25. The second-order valence-corrected chi connectivity index (χ2v) is 3.85. The molecule has 0 saturated heterocycles. The van der Waals surface area contributed by atoms with Crippen molar-refractivity contribution in [2.24, 2.45) is 5.73 Å². The second kappa shape index (κ2) is 4.45. The van der Waals surface area contributed by atoms with Gasteiger partial charge in [0.05, 0.1) is 12.7 Å². The summed E-state index contributed by atoms with van der Waals surface area (Å²) in [6.07, 6.45) is 3.64. The fourth-order valence-electron chi connectivity index (χ4n) is 1.60. The summed E-state index contributed by atoms with van der Waals surface area (Å²) < 4.78 is 15.2. The van der Waals surface area contributed by atoms with Gasteiger partial charge in [-0.1, -0.05) is 6.07 Å². The largest absolute Gasteiger partial charge is 0.326 e. The van der Waals surface area contributed by atoms with E-state index < -0.39 is 0 Å². The van der Waals surface area contributed by atoms with Crippen LogP contribution in [0.25, 0.3) is 0 Å². The van der Waals surface area contributed by atoms with Crippen molar-refractivity contribution in [2.75, 3.05) is 0 Å². The number of aromatic nitrogens is 2. The Morgan fingerprint density at radius 1 is 1.44 bits per heavy atom. The fraction of sp³-hybridized carbons (Fsp3) is 0.250. The van der Waals surface area contributed by atoms with Crippen LogP contribution in [0.4, 0.5) is 4.39 Å². The van der Waals surface area contributed by atoms with E-state index in [2.05, 4.69) is 5.10 Å². The molecule has 1 aromatic heterocycles. The van der Waals surface area contributed by atoms with Crippen LogP contribution in [0.2, 0.25) is 0 Å². The molecule has 0 bridgehead atoms. The minimum absolute atomic E-state index is 0.217. The number of hydrogen-bond acceptors (Lipinski definition) is 2. The van der Waals surface area contributed by atoms with Gasteiger partial charge >= 0.3 is 0 Å². The molecular formula is C12H14FN3. The van der Waals surface area contributed by atoms with Crippen molar-refractivity contribution in [3.63, 3.8) is 0 Å². The molecule has 4 heteroatoms. The van der Waals surface area contributed by atoms with Crippen molar-refractivity contribution in [1.82, 2.24) is 9.78 Å². The normalized spacial score (nSPS) is 10.7. The monoisotopic (exact) mass is 219 g/mol. The third-order valence-electron chi connectivity index (χ3n) is 2.44. The van der Waals surface area contributed by atoms with Crippen molar-refractivity contribution in [2.45, 2.75) is 20.0 Å². The van der Waals surface area contributed by atoms with Gasteiger partial charge in [0, 0.05) is 18.3 Å². The molecule has 2 rings (SSSR count). The Morgan fingerprint density at radius 2 is 2.25 bits per heavy atom. The van der Waals surface area contributed by atoms with E-state index in [1.165, 1.54) is 6.07 Å². The van der Waals surface area contributed by atoms with Gasteiger partial charge in [-0.2, -0.15) is 5.10 Å². The molecule has 2 N–H and O–H groups in total. The van der Waals surface area contributed by atoms with Crippen LogP contribution < -0.4 is 5.73 Å². The van der Waals surface area contributed by atoms with Gasteiger partial charge in [-0.25, -0.2) is 4.39 Å². The highest BCUT2D eigenvalue weighted by Gasteiger charge is 2.04. The SMILES string of the molecule is Cc1cnn(Cc2cc(CN)ccc2F)c1. The molecule has 0 radical (unpaired) electrons. The number of rotatable bonds is 3. The zero-order valence-electron chi connectivity index (χ0n) is 9.15. The van der Waals surface area contributed by atoms with Crippen molar-refractivity contribution in [3.8, 4) is 0 Å². The summed E-state index contributed by atoms with van der Waals surface area (Å²) in [7, 11) is 0. The minimum Gasteiger partial charge on any atom is -0.326 e. The van der Waals surface area contributed by atoms with Crippen molar-refractivity contribution in [3.05, 3.63) is 53.1 Å².